The van der Waals surface area contributed by atoms with E-state index in [4.69, 9.17) is 14.0 Å². The van der Waals surface area contributed by atoms with Crippen LogP contribution in [0.3, 0.4) is 0 Å². The third-order valence-corrected chi connectivity index (χ3v) is 4.22. The van der Waals surface area contributed by atoms with Crippen LogP contribution >= 0.6 is 24.0 Å². The van der Waals surface area contributed by atoms with Crippen molar-refractivity contribution in [3.05, 3.63) is 35.5 Å². The van der Waals surface area contributed by atoms with E-state index in [0.717, 1.165) is 28.8 Å². The van der Waals surface area contributed by atoms with E-state index in [1.807, 2.05) is 39.1 Å². The van der Waals surface area contributed by atoms with E-state index in [9.17, 15) is 0 Å². The number of hydrogen-bond donors (Lipinski definition) is 1. The summed E-state index contributed by atoms with van der Waals surface area (Å²) in [5.41, 5.74) is 1.13. The quantitative estimate of drug-likeness (QED) is 0.370. The van der Waals surface area contributed by atoms with Gasteiger partial charge in [-0.1, -0.05) is 25.1 Å². The highest BCUT2D eigenvalue weighted by Gasteiger charge is 2.14. The highest BCUT2D eigenvalue weighted by atomic mass is 127. The van der Waals surface area contributed by atoms with E-state index < -0.39 is 0 Å². The highest BCUT2D eigenvalue weighted by molar-refractivity contribution is 14.0. The van der Waals surface area contributed by atoms with Crippen LogP contribution < -0.4 is 14.8 Å². The van der Waals surface area contributed by atoms with E-state index >= 15 is 0 Å². The molecule has 0 saturated carbocycles. The molecular weight excluding hydrogens is 473 g/mol. The van der Waals surface area contributed by atoms with Crippen molar-refractivity contribution in [1.29, 1.82) is 0 Å². The smallest absolute Gasteiger partial charge is 0.228 e. The van der Waals surface area contributed by atoms with Crippen LogP contribution in [0.5, 0.6) is 11.5 Å². The number of ether oxygens (including phenoxy) is 2. The molecule has 0 bridgehead atoms. The Morgan fingerprint density at radius 1 is 1.25 bits per heavy atom. The van der Waals surface area contributed by atoms with Crippen molar-refractivity contribution in [3.63, 3.8) is 0 Å². The standard InChI is InChI=1S/C19H27N5O3.HI/c1-13(2)18-22-17(27-23-18)7-8-21-19(20-3)24(4)12-14-5-6-15-16(11-14)26-10-9-25-15;/h5-6,11,13H,7-10,12H2,1-4H3,(H,20,21);1H. The number of nitrogens with zero attached hydrogens (tertiary/aromatic N) is 4. The molecule has 0 fully saturated rings. The van der Waals surface area contributed by atoms with Crippen LogP contribution in [0.1, 0.15) is 37.0 Å². The zero-order chi connectivity index (χ0) is 19.2. The van der Waals surface area contributed by atoms with Crippen LogP contribution in [-0.2, 0) is 13.0 Å². The number of hydrogen-bond acceptors (Lipinski definition) is 6. The lowest BCUT2D eigenvalue weighted by Gasteiger charge is -2.23. The van der Waals surface area contributed by atoms with E-state index in [1.54, 1.807) is 7.05 Å². The summed E-state index contributed by atoms with van der Waals surface area (Å²) >= 11 is 0. The van der Waals surface area contributed by atoms with Crippen molar-refractivity contribution in [2.24, 2.45) is 4.99 Å². The summed E-state index contributed by atoms with van der Waals surface area (Å²) < 4.78 is 16.5. The third kappa shape index (κ3) is 5.73. The maximum Gasteiger partial charge on any atom is 0.228 e. The summed E-state index contributed by atoms with van der Waals surface area (Å²) in [5.74, 6) is 4.04. The summed E-state index contributed by atoms with van der Waals surface area (Å²) in [7, 11) is 3.77. The van der Waals surface area contributed by atoms with Gasteiger partial charge in [0.25, 0.3) is 0 Å². The fourth-order valence-electron chi connectivity index (χ4n) is 2.80. The SMILES string of the molecule is CN=C(NCCc1nc(C(C)C)no1)N(C)Cc1ccc2c(c1)OCCO2.I. The summed E-state index contributed by atoms with van der Waals surface area (Å²) in [4.78, 5) is 10.8. The molecule has 0 aliphatic carbocycles. The van der Waals surface area contributed by atoms with Gasteiger partial charge in [-0.2, -0.15) is 4.98 Å². The molecule has 0 spiro atoms. The lowest BCUT2D eigenvalue weighted by molar-refractivity contribution is 0.171. The summed E-state index contributed by atoms with van der Waals surface area (Å²) in [6.45, 7) is 6.64. The molecule has 1 N–H and O–H groups in total. The van der Waals surface area contributed by atoms with Gasteiger partial charge in [-0.05, 0) is 17.7 Å². The van der Waals surface area contributed by atoms with Crippen molar-refractivity contribution >= 4 is 29.9 Å². The lowest BCUT2D eigenvalue weighted by Crippen LogP contribution is -2.39. The van der Waals surface area contributed by atoms with Gasteiger partial charge in [-0.25, -0.2) is 0 Å². The third-order valence-electron chi connectivity index (χ3n) is 4.22. The first-order chi connectivity index (χ1) is 13.1. The van der Waals surface area contributed by atoms with Gasteiger partial charge in [0.15, 0.2) is 23.3 Å². The Bertz CT molecular complexity index is 794. The van der Waals surface area contributed by atoms with Crippen LogP contribution in [0, 0.1) is 0 Å². The van der Waals surface area contributed by atoms with Crippen molar-refractivity contribution in [3.8, 4) is 11.5 Å². The van der Waals surface area contributed by atoms with Gasteiger partial charge in [0, 0.05) is 39.5 Å². The molecule has 3 rings (SSSR count). The van der Waals surface area contributed by atoms with Crippen molar-refractivity contribution < 1.29 is 14.0 Å². The zero-order valence-electron chi connectivity index (χ0n) is 16.8. The Balaban J connectivity index is 0.00000280. The number of aliphatic imine (C=N–C) groups is 1. The predicted octanol–water partition coefficient (Wildman–Crippen LogP) is 2.83. The Morgan fingerprint density at radius 3 is 2.68 bits per heavy atom. The van der Waals surface area contributed by atoms with Crippen LogP contribution in [0.25, 0.3) is 0 Å². The molecule has 9 heteroatoms. The maximum absolute atomic E-state index is 5.65. The number of fused-ring (bicyclic) bond motifs is 1. The first-order valence-corrected chi connectivity index (χ1v) is 9.19. The number of halogens is 1. The predicted molar refractivity (Wildman–Crippen MR) is 118 cm³/mol. The number of nitrogens with one attached hydrogen (secondary N) is 1. The molecule has 1 aliphatic rings. The second kappa shape index (κ2) is 10.5. The summed E-state index contributed by atoms with van der Waals surface area (Å²) in [5, 5.41) is 7.31. The van der Waals surface area contributed by atoms with Gasteiger partial charge in [-0.3, -0.25) is 4.99 Å². The molecule has 0 radical (unpaired) electrons. The van der Waals surface area contributed by atoms with Crippen molar-refractivity contribution in [2.75, 3.05) is 33.9 Å². The number of benzene rings is 1. The minimum Gasteiger partial charge on any atom is -0.486 e. The normalized spacial score (nSPS) is 13.2. The van der Waals surface area contributed by atoms with Crippen molar-refractivity contribution in [1.82, 2.24) is 20.4 Å². The molecule has 2 aromatic rings. The van der Waals surface area contributed by atoms with E-state index in [-0.39, 0.29) is 29.9 Å². The largest absolute Gasteiger partial charge is 0.486 e. The monoisotopic (exact) mass is 501 g/mol. The number of rotatable bonds is 6. The molecule has 0 saturated heterocycles. The first-order valence-electron chi connectivity index (χ1n) is 9.19. The van der Waals surface area contributed by atoms with Crippen LogP contribution in [0.2, 0.25) is 0 Å². The first kappa shape index (κ1) is 22.3. The Labute approximate surface area is 182 Å². The van der Waals surface area contributed by atoms with Crippen LogP contribution in [0.4, 0.5) is 0 Å². The molecule has 0 unspecified atom stereocenters. The van der Waals surface area contributed by atoms with Crippen molar-refractivity contribution in [2.45, 2.75) is 32.7 Å². The van der Waals surface area contributed by atoms with Gasteiger partial charge >= 0.3 is 0 Å². The summed E-state index contributed by atoms with van der Waals surface area (Å²) in [6, 6.07) is 6.02. The number of guanidine groups is 1. The molecule has 1 aliphatic heterocycles. The Hall–Kier alpha value is -2.04. The van der Waals surface area contributed by atoms with E-state index in [2.05, 4.69) is 25.3 Å². The Morgan fingerprint density at radius 2 is 2.00 bits per heavy atom. The van der Waals surface area contributed by atoms with E-state index in [1.165, 1.54) is 0 Å². The Kier molecular flexibility index (Phi) is 8.34. The molecule has 28 heavy (non-hydrogen) atoms. The molecule has 8 nitrogen and oxygen atoms in total. The second-order valence-electron chi connectivity index (χ2n) is 6.76. The van der Waals surface area contributed by atoms with Gasteiger partial charge in [0.1, 0.15) is 13.2 Å². The fraction of sp³-hybridized carbons (Fsp3) is 0.526. The van der Waals surface area contributed by atoms with Crippen LogP contribution in [-0.4, -0.2) is 54.9 Å². The van der Waals surface area contributed by atoms with E-state index in [0.29, 0.717) is 38.6 Å². The zero-order valence-corrected chi connectivity index (χ0v) is 19.1. The highest BCUT2D eigenvalue weighted by Crippen LogP contribution is 2.31. The van der Waals surface area contributed by atoms with Gasteiger partial charge in [0.05, 0.1) is 0 Å². The van der Waals surface area contributed by atoms with Crippen LogP contribution in [0.15, 0.2) is 27.7 Å². The van der Waals surface area contributed by atoms with Gasteiger partial charge < -0.3 is 24.2 Å². The molecule has 1 aromatic heterocycles. The minimum atomic E-state index is 0. The maximum atomic E-state index is 5.65. The lowest BCUT2D eigenvalue weighted by atomic mass is 10.2. The molecule has 1 aromatic carbocycles. The second-order valence-corrected chi connectivity index (χ2v) is 6.76. The molecule has 0 atom stereocenters. The number of aromatic nitrogens is 2. The topological polar surface area (TPSA) is 85.0 Å². The minimum absolute atomic E-state index is 0. The fourth-order valence-corrected chi connectivity index (χ4v) is 2.80. The molecule has 0 amide bonds. The average Bonchev–Trinajstić information content (AvgIpc) is 3.14. The van der Waals surface area contributed by atoms with Gasteiger partial charge in [0.2, 0.25) is 5.89 Å². The molecular formula is C19H28IN5O3. The average molecular weight is 501 g/mol. The molecule has 2 heterocycles. The molecule has 154 valence electrons. The summed E-state index contributed by atoms with van der Waals surface area (Å²) in [6.07, 6.45) is 0.649. The van der Waals surface area contributed by atoms with Gasteiger partial charge in [-0.15, -0.1) is 24.0 Å².